The molecule has 0 bridgehead atoms. The predicted molar refractivity (Wildman–Crippen MR) is 128 cm³/mol. The molecule has 4 amide bonds. The Morgan fingerprint density at radius 2 is 1.71 bits per heavy atom. The molecule has 1 unspecified atom stereocenters. The normalized spacial score (nSPS) is 15.0. The highest BCUT2D eigenvalue weighted by atomic mass is 16.5. The molecule has 9 nitrogen and oxygen atoms in total. The second-order valence-electron chi connectivity index (χ2n) is 8.49. The number of unbranched alkanes of at least 4 members (excludes halogenated alkanes) is 3. The first-order valence-corrected chi connectivity index (χ1v) is 11.9. The van der Waals surface area contributed by atoms with Crippen LogP contribution in [0.3, 0.4) is 0 Å². The molecule has 4 N–H and O–H groups in total. The number of ketones is 1. The summed E-state index contributed by atoms with van der Waals surface area (Å²) in [4.78, 5) is 55.9. The van der Waals surface area contributed by atoms with E-state index in [0.717, 1.165) is 43.4 Å². The van der Waals surface area contributed by atoms with Gasteiger partial charge in [0, 0.05) is 36.4 Å². The van der Waals surface area contributed by atoms with Gasteiger partial charge in [0.2, 0.25) is 23.6 Å². The molecule has 0 saturated carbocycles. The van der Waals surface area contributed by atoms with Gasteiger partial charge in [0.1, 0.15) is 0 Å². The van der Waals surface area contributed by atoms with E-state index in [1.807, 2.05) is 19.9 Å². The van der Waals surface area contributed by atoms with Gasteiger partial charge in [-0.2, -0.15) is 0 Å². The van der Waals surface area contributed by atoms with Crippen molar-refractivity contribution in [3.05, 3.63) is 29.3 Å². The highest BCUT2D eigenvalue weighted by Crippen LogP contribution is 2.23. The number of piperidine rings is 1. The highest BCUT2D eigenvalue weighted by molar-refractivity contribution is 5.99. The Morgan fingerprint density at radius 3 is 2.24 bits per heavy atom. The lowest BCUT2D eigenvalue weighted by Crippen LogP contribution is -2.39. The van der Waals surface area contributed by atoms with Crippen molar-refractivity contribution in [2.75, 3.05) is 5.32 Å². The minimum atomic E-state index is -0.383. The van der Waals surface area contributed by atoms with E-state index in [4.69, 9.17) is 5.21 Å². The molecule has 0 spiro atoms. The molecule has 188 valence electrons. The van der Waals surface area contributed by atoms with E-state index in [9.17, 15) is 24.0 Å². The fraction of sp³-hybridized carbons (Fsp3) is 0.560. The van der Waals surface area contributed by atoms with E-state index in [1.54, 1.807) is 17.6 Å². The van der Waals surface area contributed by atoms with E-state index >= 15 is 0 Å². The zero-order chi connectivity index (χ0) is 25.5. The molecule has 34 heavy (non-hydrogen) atoms. The van der Waals surface area contributed by atoms with Crippen molar-refractivity contribution >= 4 is 35.1 Å². The molecule has 1 saturated heterocycles. The maximum atomic E-state index is 12.1. The smallest absolute Gasteiger partial charge is 0.243 e. The molecule has 1 aromatic carbocycles. The summed E-state index contributed by atoms with van der Waals surface area (Å²) in [6.07, 6.45) is 6.65. The zero-order valence-corrected chi connectivity index (χ0v) is 20.4. The second kappa shape index (κ2) is 15.7. The lowest BCUT2D eigenvalue weighted by atomic mass is 9.98. The number of anilines is 1. The van der Waals surface area contributed by atoms with Crippen LogP contribution < -0.4 is 16.1 Å². The van der Waals surface area contributed by atoms with E-state index in [-0.39, 0.29) is 35.3 Å². The average Bonchev–Trinajstić information content (AvgIpc) is 2.80. The summed E-state index contributed by atoms with van der Waals surface area (Å²) in [5.74, 6) is -0.698. The molecule has 1 aromatic rings. The number of nitrogens with one attached hydrogen (secondary N) is 3. The van der Waals surface area contributed by atoms with Crippen LogP contribution in [0.25, 0.3) is 0 Å². The van der Waals surface area contributed by atoms with Crippen LogP contribution in [-0.2, 0) is 25.6 Å². The van der Waals surface area contributed by atoms with Crippen LogP contribution in [0.15, 0.2) is 18.2 Å². The Bertz CT molecular complexity index is 868. The largest absolute Gasteiger partial charge is 0.326 e. The first-order chi connectivity index (χ1) is 16.2. The number of carbonyl (C=O) groups is 5. The van der Waals surface area contributed by atoms with Gasteiger partial charge in [-0.15, -0.1) is 0 Å². The van der Waals surface area contributed by atoms with Crippen molar-refractivity contribution in [2.24, 2.45) is 5.92 Å². The molecule has 0 aliphatic carbocycles. The fourth-order valence-electron chi connectivity index (χ4n) is 3.55. The Balaban J connectivity index is 0.000000533. The summed E-state index contributed by atoms with van der Waals surface area (Å²) in [5, 5.41) is 13.6. The molecule has 1 fully saturated rings. The standard InChI is InChI=1S/C19H28N2O4.C6H9NO2/c1-3-9-16-15(14(2)22)10-8-11-17(16)20-18(23)12-6-4-5-7-13-19(24)21-25;1-4-2-3-5(8)7-6(4)9/h8,10-11,25H,3-7,9,12-13H2,1-2H3,(H,20,23)(H,21,24);4H,2-3H2,1H3,(H,7,8,9). The van der Waals surface area contributed by atoms with Gasteiger partial charge in [-0.25, -0.2) is 5.48 Å². The molecular formula is C25H37N3O6. The van der Waals surface area contributed by atoms with Gasteiger partial charge < -0.3 is 5.32 Å². The van der Waals surface area contributed by atoms with Crippen molar-refractivity contribution in [1.82, 2.24) is 10.8 Å². The van der Waals surface area contributed by atoms with Gasteiger partial charge in [-0.05, 0) is 44.2 Å². The molecule has 1 aliphatic rings. The van der Waals surface area contributed by atoms with Crippen LogP contribution in [0.1, 0.15) is 94.5 Å². The number of carbonyl (C=O) groups excluding carboxylic acids is 5. The SMILES string of the molecule is CC1CCC(=O)NC1=O.CCCc1c(NC(=O)CCCCCCC(=O)NO)cccc1C(C)=O. The summed E-state index contributed by atoms with van der Waals surface area (Å²) in [5.41, 5.74) is 3.90. The lowest BCUT2D eigenvalue weighted by molar-refractivity contribution is -0.136. The average molecular weight is 476 g/mol. The minimum absolute atomic E-state index is 0.00599. The Hall–Kier alpha value is -3.07. The molecular weight excluding hydrogens is 438 g/mol. The number of rotatable bonds is 11. The first-order valence-electron chi connectivity index (χ1n) is 11.9. The number of hydrogen-bond donors (Lipinski definition) is 4. The van der Waals surface area contributed by atoms with E-state index in [2.05, 4.69) is 10.6 Å². The van der Waals surface area contributed by atoms with Crippen molar-refractivity contribution in [3.63, 3.8) is 0 Å². The Kier molecular flexibility index (Phi) is 13.4. The summed E-state index contributed by atoms with van der Waals surface area (Å²) in [6, 6.07) is 5.42. The molecule has 1 atom stereocenters. The maximum absolute atomic E-state index is 12.1. The van der Waals surface area contributed by atoms with Gasteiger partial charge in [-0.1, -0.05) is 45.2 Å². The van der Waals surface area contributed by atoms with Gasteiger partial charge >= 0.3 is 0 Å². The summed E-state index contributed by atoms with van der Waals surface area (Å²) in [6.45, 7) is 5.40. The quantitative estimate of drug-likeness (QED) is 0.126. The molecule has 9 heteroatoms. The summed E-state index contributed by atoms with van der Waals surface area (Å²) < 4.78 is 0. The van der Waals surface area contributed by atoms with Gasteiger partial charge in [0.15, 0.2) is 5.78 Å². The molecule has 0 aromatic heterocycles. The number of amides is 4. The topological polar surface area (TPSA) is 142 Å². The third kappa shape index (κ3) is 10.7. The van der Waals surface area contributed by atoms with Crippen LogP contribution in [0.5, 0.6) is 0 Å². The number of imide groups is 1. The first kappa shape index (κ1) is 29.0. The minimum Gasteiger partial charge on any atom is -0.326 e. The Morgan fingerprint density at radius 1 is 1.06 bits per heavy atom. The van der Waals surface area contributed by atoms with Crippen LogP contribution in [0.4, 0.5) is 5.69 Å². The van der Waals surface area contributed by atoms with Crippen molar-refractivity contribution in [3.8, 4) is 0 Å². The predicted octanol–water partition coefficient (Wildman–Crippen LogP) is 3.69. The van der Waals surface area contributed by atoms with Crippen molar-refractivity contribution in [1.29, 1.82) is 0 Å². The van der Waals surface area contributed by atoms with Crippen LogP contribution >= 0.6 is 0 Å². The third-order valence-corrected chi connectivity index (χ3v) is 5.53. The maximum Gasteiger partial charge on any atom is 0.243 e. The number of hydroxylamine groups is 1. The van der Waals surface area contributed by atoms with E-state index < -0.39 is 0 Å². The molecule has 0 radical (unpaired) electrons. The monoisotopic (exact) mass is 475 g/mol. The highest BCUT2D eigenvalue weighted by Gasteiger charge is 2.21. The number of Topliss-reactive ketones (excluding diaryl/α,β-unsaturated/α-hetero) is 1. The van der Waals surface area contributed by atoms with Gasteiger partial charge in [-0.3, -0.25) is 34.5 Å². The second-order valence-corrected chi connectivity index (χ2v) is 8.49. The summed E-state index contributed by atoms with van der Waals surface area (Å²) in [7, 11) is 0. The zero-order valence-electron chi connectivity index (χ0n) is 20.4. The Labute approximate surface area is 201 Å². The van der Waals surface area contributed by atoms with Gasteiger partial charge in [0.25, 0.3) is 0 Å². The van der Waals surface area contributed by atoms with Crippen LogP contribution in [0.2, 0.25) is 0 Å². The van der Waals surface area contributed by atoms with Gasteiger partial charge in [0.05, 0.1) is 0 Å². The molecule has 1 aliphatic heterocycles. The van der Waals surface area contributed by atoms with E-state index in [0.29, 0.717) is 37.7 Å². The third-order valence-electron chi connectivity index (χ3n) is 5.53. The lowest BCUT2D eigenvalue weighted by Gasteiger charge is -2.15. The van der Waals surface area contributed by atoms with Crippen LogP contribution in [-0.4, -0.2) is 34.6 Å². The molecule has 2 rings (SSSR count). The van der Waals surface area contributed by atoms with Crippen molar-refractivity contribution in [2.45, 2.75) is 85.0 Å². The van der Waals surface area contributed by atoms with Crippen LogP contribution in [0, 0.1) is 5.92 Å². The summed E-state index contributed by atoms with van der Waals surface area (Å²) >= 11 is 0. The fourth-order valence-corrected chi connectivity index (χ4v) is 3.55. The molecule has 1 heterocycles. The number of hydrogen-bond acceptors (Lipinski definition) is 6. The van der Waals surface area contributed by atoms with E-state index in [1.165, 1.54) is 6.92 Å². The van der Waals surface area contributed by atoms with Crippen molar-refractivity contribution < 1.29 is 29.2 Å². The number of benzene rings is 1.